The molecule has 1 N–H and O–H groups in total. The number of rotatable bonds is 4. The van der Waals surface area contributed by atoms with Crippen LogP contribution in [0.5, 0.6) is 0 Å². The molecule has 0 unspecified atom stereocenters. The number of hydrogen-bond donors (Lipinski definition) is 1. The Hall–Kier alpha value is -3.53. The highest BCUT2D eigenvalue weighted by Gasteiger charge is 2.09. The number of anilines is 1. The predicted molar refractivity (Wildman–Crippen MR) is 112 cm³/mol. The second-order valence-corrected chi connectivity index (χ2v) is 6.45. The van der Waals surface area contributed by atoms with Crippen LogP contribution in [0.2, 0.25) is 0 Å². The van der Waals surface area contributed by atoms with Crippen molar-refractivity contribution < 1.29 is 0 Å². The Morgan fingerprint density at radius 1 is 0.815 bits per heavy atom. The summed E-state index contributed by atoms with van der Waals surface area (Å²) in [5.74, 6) is 1.38. The number of benzene rings is 3. The average Bonchev–Trinajstić information content (AvgIpc) is 2.72. The van der Waals surface area contributed by atoms with Gasteiger partial charge in [-0.1, -0.05) is 72.3 Å². The van der Waals surface area contributed by atoms with E-state index in [1.165, 1.54) is 5.56 Å². The van der Waals surface area contributed by atoms with Gasteiger partial charge >= 0.3 is 0 Å². The number of fused-ring (bicyclic) bond motifs is 1. The van der Waals surface area contributed by atoms with E-state index < -0.39 is 0 Å². The Morgan fingerprint density at radius 2 is 1.52 bits per heavy atom. The van der Waals surface area contributed by atoms with Gasteiger partial charge in [-0.25, -0.2) is 9.97 Å². The highest BCUT2D eigenvalue weighted by atomic mass is 15.3. The Bertz CT molecular complexity index is 1100. The SMILES string of the molecule is C/C(=N/Nc1nc(-c2ccc(C)cc2)nc2ccccc12)c1ccccc1. The Balaban J connectivity index is 1.76. The van der Waals surface area contributed by atoms with Crippen LogP contribution in [-0.2, 0) is 0 Å². The standard InChI is InChI=1S/C23H20N4/c1-16-12-14-19(15-13-16)22-24-21-11-7-6-10-20(21)23(25-22)27-26-17(2)18-8-4-3-5-9-18/h3-15H,1-2H3,(H,24,25,27)/b26-17-. The first-order valence-corrected chi connectivity index (χ1v) is 8.90. The predicted octanol–water partition coefficient (Wildman–Crippen LogP) is 5.44. The summed E-state index contributed by atoms with van der Waals surface area (Å²) in [6, 6.07) is 26.3. The third-order valence-corrected chi connectivity index (χ3v) is 4.43. The van der Waals surface area contributed by atoms with Crippen molar-refractivity contribution >= 4 is 22.4 Å². The Labute approximate surface area is 158 Å². The maximum absolute atomic E-state index is 4.74. The van der Waals surface area contributed by atoms with Crippen molar-refractivity contribution in [3.8, 4) is 11.4 Å². The lowest BCUT2D eigenvalue weighted by molar-refractivity contribution is 1.18. The fourth-order valence-electron chi connectivity index (χ4n) is 2.87. The lowest BCUT2D eigenvalue weighted by atomic mass is 10.1. The van der Waals surface area contributed by atoms with Gasteiger partial charge in [-0.2, -0.15) is 5.10 Å². The summed E-state index contributed by atoms with van der Waals surface area (Å²) in [7, 11) is 0. The molecule has 0 fully saturated rings. The summed E-state index contributed by atoms with van der Waals surface area (Å²) < 4.78 is 0. The number of aromatic nitrogens is 2. The fraction of sp³-hybridized carbons (Fsp3) is 0.0870. The summed E-state index contributed by atoms with van der Waals surface area (Å²) in [6.45, 7) is 4.05. The number of hydrazone groups is 1. The Kier molecular flexibility index (Phi) is 4.62. The molecular weight excluding hydrogens is 332 g/mol. The number of aryl methyl sites for hydroxylation is 1. The van der Waals surface area contributed by atoms with Crippen molar-refractivity contribution in [3.63, 3.8) is 0 Å². The molecule has 1 aromatic heterocycles. The first kappa shape index (κ1) is 16.9. The molecule has 0 aliphatic heterocycles. The van der Waals surface area contributed by atoms with Gasteiger partial charge in [0.1, 0.15) is 0 Å². The van der Waals surface area contributed by atoms with Gasteiger partial charge in [-0.3, -0.25) is 5.43 Å². The molecule has 0 saturated heterocycles. The topological polar surface area (TPSA) is 50.2 Å². The minimum absolute atomic E-state index is 0.684. The van der Waals surface area contributed by atoms with E-state index in [-0.39, 0.29) is 0 Å². The third-order valence-electron chi connectivity index (χ3n) is 4.43. The van der Waals surface area contributed by atoms with Crippen molar-refractivity contribution in [2.45, 2.75) is 13.8 Å². The van der Waals surface area contributed by atoms with E-state index in [1.807, 2.05) is 73.7 Å². The van der Waals surface area contributed by atoms with Gasteiger partial charge in [-0.05, 0) is 31.5 Å². The summed E-state index contributed by atoms with van der Waals surface area (Å²) in [5, 5.41) is 5.48. The maximum atomic E-state index is 4.74. The molecule has 0 spiro atoms. The van der Waals surface area contributed by atoms with E-state index in [4.69, 9.17) is 9.97 Å². The first-order chi connectivity index (χ1) is 13.2. The summed E-state index contributed by atoms with van der Waals surface area (Å²) >= 11 is 0. The van der Waals surface area contributed by atoms with E-state index in [9.17, 15) is 0 Å². The van der Waals surface area contributed by atoms with Gasteiger partial charge in [0.05, 0.1) is 11.2 Å². The molecule has 4 nitrogen and oxygen atoms in total. The van der Waals surface area contributed by atoms with Crippen molar-refractivity contribution in [1.29, 1.82) is 0 Å². The zero-order valence-electron chi connectivity index (χ0n) is 15.3. The second-order valence-electron chi connectivity index (χ2n) is 6.45. The zero-order valence-corrected chi connectivity index (χ0v) is 15.3. The third kappa shape index (κ3) is 3.70. The van der Waals surface area contributed by atoms with Crippen LogP contribution in [-0.4, -0.2) is 15.7 Å². The molecule has 1 heterocycles. The molecule has 0 aliphatic rings. The van der Waals surface area contributed by atoms with Gasteiger partial charge in [0.15, 0.2) is 11.6 Å². The normalized spacial score (nSPS) is 11.6. The molecule has 0 aliphatic carbocycles. The van der Waals surface area contributed by atoms with E-state index >= 15 is 0 Å². The van der Waals surface area contributed by atoms with Gasteiger partial charge in [0.25, 0.3) is 0 Å². The van der Waals surface area contributed by atoms with Crippen molar-refractivity contribution in [1.82, 2.24) is 9.97 Å². The molecule has 132 valence electrons. The average molecular weight is 352 g/mol. The largest absolute Gasteiger partial charge is 0.260 e. The number of para-hydroxylation sites is 1. The van der Waals surface area contributed by atoms with Crippen molar-refractivity contribution in [2.75, 3.05) is 5.43 Å². The van der Waals surface area contributed by atoms with Crippen LogP contribution >= 0.6 is 0 Å². The van der Waals surface area contributed by atoms with E-state index in [0.29, 0.717) is 11.6 Å². The van der Waals surface area contributed by atoms with Gasteiger partial charge in [-0.15, -0.1) is 0 Å². The lowest BCUT2D eigenvalue weighted by Crippen LogP contribution is -2.03. The second kappa shape index (κ2) is 7.38. The molecule has 0 saturated carbocycles. The smallest absolute Gasteiger partial charge is 0.162 e. The highest BCUT2D eigenvalue weighted by Crippen LogP contribution is 2.25. The lowest BCUT2D eigenvalue weighted by Gasteiger charge is -2.09. The van der Waals surface area contributed by atoms with Crippen LogP contribution in [0.15, 0.2) is 84.0 Å². The van der Waals surface area contributed by atoms with E-state index in [1.54, 1.807) is 0 Å². The van der Waals surface area contributed by atoms with Gasteiger partial charge in [0, 0.05) is 10.9 Å². The Morgan fingerprint density at radius 3 is 2.30 bits per heavy atom. The minimum Gasteiger partial charge on any atom is -0.260 e. The van der Waals surface area contributed by atoms with Crippen LogP contribution in [0.4, 0.5) is 5.82 Å². The quantitative estimate of drug-likeness (QED) is 0.393. The van der Waals surface area contributed by atoms with Gasteiger partial charge < -0.3 is 0 Å². The zero-order chi connectivity index (χ0) is 18.6. The molecule has 0 bridgehead atoms. The molecule has 4 rings (SSSR count). The van der Waals surface area contributed by atoms with E-state index in [0.717, 1.165) is 27.7 Å². The van der Waals surface area contributed by atoms with Crippen molar-refractivity contribution in [2.24, 2.45) is 5.10 Å². The van der Waals surface area contributed by atoms with E-state index in [2.05, 4.69) is 29.6 Å². The van der Waals surface area contributed by atoms with Crippen LogP contribution in [0.3, 0.4) is 0 Å². The first-order valence-electron chi connectivity index (χ1n) is 8.90. The monoisotopic (exact) mass is 352 g/mol. The van der Waals surface area contributed by atoms with Crippen LogP contribution < -0.4 is 5.43 Å². The molecule has 0 amide bonds. The molecule has 27 heavy (non-hydrogen) atoms. The van der Waals surface area contributed by atoms with Crippen LogP contribution in [0, 0.1) is 6.92 Å². The number of nitrogens with one attached hydrogen (secondary N) is 1. The van der Waals surface area contributed by atoms with Crippen LogP contribution in [0.25, 0.3) is 22.3 Å². The van der Waals surface area contributed by atoms with Crippen LogP contribution in [0.1, 0.15) is 18.1 Å². The molecular formula is C23H20N4. The molecule has 4 aromatic rings. The molecule has 0 atom stereocenters. The highest BCUT2D eigenvalue weighted by molar-refractivity contribution is 5.99. The minimum atomic E-state index is 0.684. The summed E-state index contributed by atoms with van der Waals surface area (Å²) in [4.78, 5) is 9.46. The molecule has 3 aromatic carbocycles. The number of nitrogens with zero attached hydrogens (tertiary/aromatic N) is 3. The molecule has 4 heteroatoms. The molecule has 0 radical (unpaired) electrons. The summed E-state index contributed by atoms with van der Waals surface area (Å²) in [5.41, 5.74) is 8.19. The summed E-state index contributed by atoms with van der Waals surface area (Å²) in [6.07, 6.45) is 0. The van der Waals surface area contributed by atoms with Crippen molar-refractivity contribution in [3.05, 3.63) is 90.0 Å². The fourth-order valence-corrected chi connectivity index (χ4v) is 2.87. The number of hydrogen-bond acceptors (Lipinski definition) is 4. The maximum Gasteiger partial charge on any atom is 0.162 e. The van der Waals surface area contributed by atoms with Gasteiger partial charge in [0.2, 0.25) is 0 Å².